The lowest BCUT2D eigenvalue weighted by Crippen LogP contribution is -2.29. The molecule has 0 aliphatic heterocycles. The van der Waals surface area contributed by atoms with Crippen molar-refractivity contribution in [3.05, 3.63) is 21.2 Å². The topological polar surface area (TPSA) is 143 Å². The Morgan fingerprint density at radius 2 is 1.90 bits per heavy atom. The van der Waals surface area contributed by atoms with Crippen molar-refractivity contribution in [3.8, 4) is 0 Å². The highest BCUT2D eigenvalue weighted by Crippen LogP contribution is 2.67. The van der Waals surface area contributed by atoms with E-state index in [0.717, 1.165) is 13.3 Å². The Morgan fingerprint density at radius 3 is 2.47 bits per heavy atom. The summed E-state index contributed by atoms with van der Waals surface area (Å²) in [5.41, 5.74) is 5.28. The van der Waals surface area contributed by atoms with Crippen molar-refractivity contribution in [2.45, 2.75) is 26.3 Å². The zero-order valence-corrected chi connectivity index (χ0v) is 21.9. The molecule has 14 heteroatoms. The summed E-state index contributed by atoms with van der Waals surface area (Å²) >= 11 is 3.31. The molecule has 0 spiro atoms. The molecule has 1 aromatic heterocycles. The van der Waals surface area contributed by atoms with E-state index in [2.05, 4.69) is 45.4 Å². The molecule has 1 fully saturated rings. The summed E-state index contributed by atoms with van der Waals surface area (Å²) in [4.78, 5) is 25.5. The summed E-state index contributed by atoms with van der Waals surface area (Å²) < 4.78 is 41.8. The number of nitrogen functional groups attached to an aromatic ring is 1. The van der Waals surface area contributed by atoms with Crippen LogP contribution in [0.4, 0.5) is 5.82 Å². The second-order valence-electron chi connectivity index (χ2n) is 7.99. The normalized spacial score (nSPS) is 30.4. The maximum atomic E-state index is 12.4. The van der Waals surface area contributed by atoms with Gasteiger partial charge >= 0.3 is 20.9 Å². The lowest BCUT2D eigenvalue weighted by atomic mass is 9.92. The third-order valence-corrected chi connectivity index (χ3v) is 11.5. The molecule has 1 aromatic rings. The molecule has 0 saturated heterocycles. The fourth-order valence-corrected chi connectivity index (χ4v) is 9.79. The quantitative estimate of drug-likeness (QED) is 0.461. The van der Waals surface area contributed by atoms with E-state index >= 15 is 0 Å². The van der Waals surface area contributed by atoms with Crippen LogP contribution in [0.5, 0.6) is 0 Å². The van der Waals surface area contributed by atoms with Crippen LogP contribution in [0.1, 0.15) is 26.3 Å². The fourth-order valence-electron chi connectivity index (χ4n) is 3.68. The first-order chi connectivity index (χ1) is 13.5. The van der Waals surface area contributed by atoms with Gasteiger partial charge in [0.05, 0.1) is 11.1 Å². The van der Waals surface area contributed by atoms with E-state index in [-0.39, 0.29) is 36.2 Å². The van der Waals surface area contributed by atoms with Crippen LogP contribution < -0.4 is 11.4 Å². The summed E-state index contributed by atoms with van der Waals surface area (Å²) in [5.74, 6) is 0.627. The van der Waals surface area contributed by atoms with Crippen molar-refractivity contribution in [1.82, 2.24) is 9.55 Å². The number of rotatable bonds is 8. The Labute approximate surface area is 184 Å². The third kappa shape index (κ3) is 6.88. The lowest BCUT2D eigenvalue weighted by Gasteiger charge is -2.27. The molecule has 1 heterocycles. The Morgan fingerprint density at radius 1 is 1.30 bits per heavy atom. The number of halogens is 1. The first-order valence-electron chi connectivity index (χ1n) is 9.21. The molecule has 7 atom stereocenters. The Hall–Kier alpha value is -0.240. The second kappa shape index (κ2) is 9.32. The van der Waals surface area contributed by atoms with E-state index in [0.29, 0.717) is 10.9 Å². The summed E-state index contributed by atoms with van der Waals surface area (Å²) in [7, 11) is -10.7. The smallest absolute Gasteiger partial charge is 0.349 e. The van der Waals surface area contributed by atoms with Crippen LogP contribution in [0.2, 0.25) is 0 Å². The largest absolute Gasteiger partial charge is 0.383 e. The molecule has 0 bridgehead atoms. The molecule has 172 valence electrons. The van der Waals surface area contributed by atoms with Gasteiger partial charge < -0.3 is 15.2 Å². The fraction of sp³-hybridized carbons (Fsp3) is 0.688. The summed E-state index contributed by atoms with van der Waals surface area (Å²) in [6.07, 6.45) is 6.19. The van der Waals surface area contributed by atoms with E-state index in [1.165, 1.54) is 0 Å². The Bertz CT molecular complexity index is 995. The zero-order valence-electron chi connectivity index (χ0n) is 17.6. The van der Waals surface area contributed by atoms with Gasteiger partial charge in [0.2, 0.25) is 0 Å². The average Bonchev–Trinajstić information content (AvgIpc) is 2.81. The van der Waals surface area contributed by atoms with Gasteiger partial charge in [-0.15, -0.1) is 0 Å². The molecule has 1 aliphatic carbocycles. The minimum atomic E-state index is -3.99. The van der Waals surface area contributed by atoms with Gasteiger partial charge in [0, 0.05) is 32.2 Å². The van der Waals surface area contributed by atoms with Crippen molar-refractivity contribution in [1.29, 1.82) is 0 Å². The van der Waals surface area contributed by atoms with E-state index in [1.807, 2.05) is 0 Å². The zero-order chi connectivity index (χ0) is 23.1. The van der Waals surface area contributed by atoms with Gasteiger partial charge in [0.25, 0.3) is 0 Å². The number of hydrogen-bond acceptors (Lipinski definition) is 8. The highest BCUT2D eigenvalue weighted by atomic mass is 79.9. The monoisotopic (exact) mass is 547 g/mol. The molecule has 4 unspecified atom stereocenters. The number of hydrogen-bond donors (Lipinski definition) is 2. The van der Waals surface area contributed by atoms with Gasteiger partial charge in [0.1, 0.15) is 13.2 Å². The van der Waals surface area contributed by atoms with Crippen LogP contribution in [0.15, 0.2) is 15.5 Å². The molecule has 1 saturated carbocycles. The predicted molar refractivity (Wildman–Crippen MR) is 123 cm³/mol. The molecule has 2 rings (SSSR count). The molecular formula is C16H29BrN3O7P3. The van der Waals surface area contributed by atoms with E-state index in [9.17, 15) is 18.8 Å². The summed E-state index contributed by atoms with van der Waals surface area (Å²) in [5, 5.41) is 0. The molecule has 10 nitrogen and oxygen atoms in total. The number of nitrogens with two attached hydrogens (primary N) is 1. The van der Waals surface area contributed by atoms with E-state index in [4.69, 9.17) is 14.6 Å². The van der Waals surface area contributed by atoms with Crippen LogP contribution >= 0.6 is 38.5 Å². The van der Waals surface area contributed by atoms with Crippen LogP contribution in [-0.4, -0.2) is 47.3 Å². The predicted octanol–water partition coefficient (Wildman–Crippen LogP) is 4.02. The van der Waals surface area contributed by atoms with Crippen LogP contribution in [0.25, 0.3) is 0 Å². The van der Waals surface area contributed by atoms with E-state index < -0.39 is 28.2 Å². The molecule has 30 heavy (non-hydrogen) atoms. The number of anilines is 1. The van der Waals surface area contributed by atoms with Gasteiger partial charge in [-0.25, -0.2) is 9.11 Å². The molecule has 1 aliphatic rings. The SMILES string of the molecule is C=P(C)(OC[C@H]1C[C@@H](n2cc(Br)c(N)nc2=O)[C@@H](C)C1C)OP(C)(=O)OP(C)(=O)O. The summed E-state index contributed by atoms with van der Waals surface area (Å²) in [6, 6.07) is -0.0817. The van der Waals surface area contributed by atoms with Crippen molar-refractivity contribution in [3.63, 3.8) is 0 Å². The molecule has 0 radical (unpaired) electrons. The molecule has 0 amide bonds. The minimum absolute atomic E-state index is 0.0817. The van der Waals surface area contributed by atoms with Crippen molar-refractivity contribution in [2.24, 2.45) is 17.8 Å². The second-order valence-corrected chi connectivity index (χ2v) is 15.6. The van der Waals surface area contributed by atoms with Gasteiger partial charge in [-0.1, -0.05) is 20.1 Å². The Kier molecular flexibility index (Phi) is 8.08. The standard InChI is InChI=1S/C16H29BrN3O7P3/c1-10-11(2)14(20-8-13(17)15(18)19-16(20)21)7-12(10)9-25-28(3,4)26-30(6,24)27-29(5,22)23/h8,10-12,14H,3,7,9H2,1-2,4-6H3,(H,22,23)(H2,18,19,21)/t10?,11-,12+,14+,28?,30?/m0/s1. The van der Waals surface area contributed by atoms with Crippen LogP contribution in [0, 0.1) is 17.8 Å². The summed E-state index contributed by atoms with van der Waals surface area (Å²) in [6.45, 7) is 8.03. The average molecular weight is 548 g/mol. The first kappa shape index (κ1) is 26.0. The molecule has 0 aromatic carbocycles. The highest BCUT2D eigenvalue weighted by Gasteiger charge is 2.40. The van der Waals surface area contributed by atoms with Crippen LogP contribution in [-0.2, 0) is 22.3 Å². The van der Waals surface area contributed by atoms with Gasteiger partial charge in [-0.3, -0.25) is 18.0 Å². The number of nitrogens with zero attached hydrogens (tertiary/aromatic N) is 2. The van der Waals surface area contributed by atoms with E-state index in [1.54, 1.807) is 17.4 Å². The molecule has 3 N–H and O–H groups in total. The third-order valence-electron chi connectivity index (χ3n) is 5.20. The molecular weight excluding hydrogens is 519 g/mol. The van der Waals surface area contributed by atoms with Crippen molar-refractivity contribution < 1.29 is 27.2 Å². The Balaban J connectivity index is 2.09. The highest BCUT2D eigenvalue weighted by molar-refractivity contribution is 9.10. The van der Waals surface area contributed by atoms with Gasteiger partial charge in [-0.2, -0.15) is 4.98 Å². The van der Waals surface area contributed by atoms with Crippen molar-refractivity contribution >= 4 is 50.6 Å². The van der Waals surface area contributed by atoms with Crippen molar-refractivity contribution in [2.75, 3.05) is 32.3 Å². The van der Waals surface area contributed by atoms with Gasteiger partial charge in [0.15, 0.2) is 0 Å². The minimum Gasteiger partial charge on any atom is -0.383 e. The maximum Gasteiger partial charge on any atom is 0.349 e. The first-order valence-corrected chi connectivity index (χ1v) is 16.3. The maximum absolute atomic E-state index is 12.4. The number of aromatic nitrogens is 2. The van der Waals surface area contributed by atoms with Gasteiger partial charge in [-0.05, 0) is 40.1 Å². The lowest BCUT2D eigenvalue weighted by molar-refractivity contribution is 0.209. The van der Waals surface area contributed by atoms with Crippen LogP contribution in [0.3, 0.4) is 0 Å².